The SMILES string of the molecule is CC(=O)[C@@H]1[C@@H](CCc2ccccc2)CC=C[C@@H]1O. The molecular formula is C16H20O2. The quantitative estimate of drug-likeness (QED) is 0.827. The number of aryl methyl sites for hydroxylation is 1. The second kappa shape index (κ2) is 5.96. The first-order chi connectivity index (χ1) is 8.68. The molecule has 0 spiro atoms. The van der Waals surface area contributed by atoms with Crippen molar-refractivity contribution in [3.05, 3.63) is 48.0 Å². The van der Waals surface area contributed by atoms with Crippen molar-refractivity contribution in [2.75, 3.05) is 0 Å². The van der Waals surface area contributed by atoms with Crippen molar-refractivity contribution in [2.24, 2.45) is 11.8 Å². The lowest BCUT2D eigenvalue weighted by atomic mass is 9.76. The molecule has 1 aromatic carbocycles. The lowest BCUT2D eigenvalue weighted by Gasteiger charge is -2.30. The number of rotatable bonds is 4. The van der Waals surface area contributed by atoms with Crippen LogP contribution in [0.1, 0.15) is 25.3 Å². The normalized spacial score (nSPS) is 27.1. The number of aliphatic hydroxyl groups is 1. The van der Waals surface area contributed by atoms with Crippen LogP contribution in [0.4, 0.5) is 0 Å². The van der Waals surface area contributed by atoms with Crippen LogP contribution in [0.5, 0.6) is 0 Å². The third-order valence-electron chi connectivity index (χ3n) is 3.76. The van der Waals surface area contributed by atoms with Gasteiger partial charge in [-0.25, -0.2) is 0 Å². The Morgan fingerprint density at radius 2 is 2.06 bits per heavy atom. The van der Waals surface area contributed by atoms with E-state index in [0.717, 1.165) is 19.3 Å². The zero-order valence-electron chi connectivity index (χ0n) is 10.8. The Balaban J connectivity index is 1.99. The van der Waals surface area contributed by atoms with Crippen LogP contribution in [0.3, 0.4) is 0 Å². The molecule has 0 fully saturated rings. The lowest BCUT2D eigenvalue weighted by Crippen LogP contribution is -2.34. The molecule has 0 saturated carbocycles. The molecule has 0 unspecified atom stereocenters. The number of Topliss-reactive ketones (excluding diaryl/α,β-unsaturated/α-hetero) is 1. The second-order valence-electron chi connectivity index (χ2n) is 5.08. The molecule has 2 heteroatoms. The monoisotopic (exact) mass is 244 g/mol. The van der Waals surface area contributed by atoms with E-state index in [-0.39, 0.29) is 17.6 Å². The number of hydrogen-bond acceptors (Lipinski definition) is 2. The van der Waals surface area contributed by atoms with E-state index in [1.165, 1.54) is 5.56 Å². The summed E-state index contributed by atoms with van der Waals surface area (Å²) in [4.78, 5) is 11.6. The Morgan fingerprint density at radius 3 is 2.72 bits per heavy atom. The molecule has 96 valence electrons. The molecule has 0 amide bonds. The van der Waals surface area contributed by atoms with E-state index in [4.69, 9.17) is 0 Å². The van der Waals surface area contributed by atoms with Gasteiger partial charge in [0, 0.05) is 0 Å². The molecule has 2 nitrogen and oxygen atoms in total. The Morgan fingerprint density at radius 1 is 1.33 bits per heavy atom. The fourth-order valence-corrected chi connectivity index (χ4v) is 2.80. The lowest BCUT2D eigenvalue weighted by molar-refractivity contribution is -0.125. The maximum Gasteiger partial charge on any atom is 0.136 e. The summed E-state index contributed by atoms with van der Waals surface area (Å²) in [6, 6.07) is 10.3. The number of allylic oxidation sites excluding steroid dienone is 1. The predicted molar refractivity (Wildman–Crippen MR) is 72.2 cm³/mol. The van der Waals surface area contributed by atoms with Crippen LogP contribution in [-0.2, 0) is 11.2 Å². The zero-order chi connectivity index (χ0) is 13.0. The minimum Gasteiger partial charge on any atom is -0.388 e. The van der Waals surface area contributed by atoms with Crippen LogP contribution >= 0.6 is 0 Å². The Bertz CT molecular complexity index is 422. The van der Waals surface area contributed by atoms with E-state index in [0.29, 0.717) is 0 Å². The molecule has 2 rings (SSSR count). The van der Waals surface area contributed by atoms with Gasteiger partial charge in [-0.05, 0) is 37.7 Å². The van der Waals surface area contributed by atoms with Crippen molar-refractivity contribution >= 4 is 5.78 Å². The summed E-state index contributed by atoms with van der Waals surface area (Å²) in [5.41, 5.74) is 1.30. The van der Waals surface area contributed by atoms with Gasteiger partial charge in [-0.15, -0.1) is 0 Å². The van der Waals surface area contributed by atoms with Crippen molar-refractivity contribution in [1.82, 2.24) is 0 Å². The molecule has 0 aliphatic heterocycles. The summed E-state index contributed by atoms with van der Waals surface area (Å²) >= 11 is 0. The van der Waals surface area contributed by atoms with Gasteiger partial charge in [-0.3, -0.25) is 4.79 Å². The highest BCUT2D eigenvalue weighted by Crippen LogP contribution is 2.30. The second-order valence-corrected chi connectivity index (χ2v) is 5.08. The molecule has 3 atom stereocenters. The summed E-state index contributed by atoms with van der Waals surface area (Å²) in [6.07, 6.45) is 5.97. The summed E-state index contributed by atoms with van der Waals surface area (Å²) in [5, 5.41) is 9.90. The van der Waals surface area contributed by atoms with Crippen LogP contribution in [0.2, 0.25) is 0 Å². The van der Waals surface area contributed by atoms with Crippen LogP contribution in [-0.4, -0.2) is 17.0 Å². The first-order valence-electron chi connectivity index (χ1n) is 6.57. The summed E-state index contributed by atoms with van der Waals surface area (Å²) in [6.45, 7) is 1.59. The van der Waals surface area contributed by atoms with Crippen LogP contribution in [0.25, 0.3) is 0 Å². The van der Waals surface area contributed by atoms with E-state index in [1.807, 2.05) is 24.3 Å². The fraction of sp³-hybridized carbons (Fsp3) is 0.438. The molecule has 1 aliphatic rings. The summed E-state index contributed by atoms with van der Waals surface area (Å²) < 4.78 is 0. The molecule has 18 heavy (non-hydrogen) atoms. The van der Waals surface area contributed by atoms with Gasteiger partial charge in [0.15, 0.2) is 0 Å². The van der Waals surface area contributed by atoms with Gasteiger partial charge < -0.3 is 5.11 Å². The summed E-state index contributed by atoms with van der Waals surface area (Å²) in [7, 11) is 0. The molecular weight excluding hydrogens is 224 g/mol. The zero-order valence-corrected chi connectivity index (χ0v) is 10.8. The van der Waals surface area contributed by atoms with Crippen molar-refractivity contribution in [1.29, 1.82) is 0 Å². The van der Waals surface area contributed by atoms with E-state index in [2.05, 4.69) is 12.1 Å². The highest BCUT2D eigenvalue weighted by Gasteiger charge is 2.32. The van der Waals surface area contributed by atoms with Gasteiger partial charge >= 0.3 is 0 Å². The van der Waals surface area contributed by atoms with Crippen LogP contribution in [0, 0.1) is 11.8 Å². The van der Waals surface area contributed by atoms with E-state index in [1.54, 1.807) is 13.0 Å². The highest BCUT2D eigenvalue weighted by atomic mass is 16.3. The first kappa shape index (κ1) is 13.0. The average molecular weight is 244 g/mol. The van der Waals surface area contributed by atoms with Gasteiger partial charge in [0.2, 0.25) is 0 Å². The first-order valence-corrected chi connectivity index (χ1v) is 6.57. The number of hydrogen-bond donors (Lipinski definition) is 1. The Hall–Kier alpha value is -1.41. The topological polar surface area (TPSA) is 37.3 Å². The average Bonchev–Trinajstić information content (AvgIpc) is 2.37. The van der Waals surface area contributed by atoms with E-state index in [9.17, 15) is 9.90 Å². The summed E-state index contributed by atoms with van der Waals surface area (Å²) in [5.74, 6) is 0.145. The smallest absolute Gasteiger partial charge is 0.136 e. The fourth-order valence-electron chi connectivity index (χ4n) is 2.80. The molecule has 0 saturated heterocycles. The molecule has 0 aromatic heterocycles. The van der Waals surface area contributed by atoms with Crippen LogP contribution in [0.15, 0.2) is 42.5 Å². The number of carbonyl (C=O) groups excluding carboxylic acids is 1. The van der Waals surface area contributed by atoms with Gasteiger partial charge in [0.1, 0.15) is 5.78 Å². The Labute approximate surface area is 108 Å². The number of ketones is 1. The molecule has 0 bridgehead atoms. The number of aliphatic hydroxyl groups excluding tert-OH is 1. The third-order valence-corrected chi connectivity index (χ3v) is 3.76. The predicted octanol–water partition coefficient (Wildman–Crippen LogP) is 2.76. The van der Waals surface area contributed by atoms with E-state index >= 15 is 0 Å². The molecule has 0 radical (unpaired) electrons. The molecule has 1 aliphatic carbocycles. The standard InChI is InChI=1S/C16H20O2/c1-12(17)16-14(8-5-9-15(16)18)11-10-13-6-3-2-4-7-13/h2-7,9,14-16,18H,8,10-11H2,1H3/t14-,15+,16-/m1/s1. The maximum atomic E-state index is 11.6. The molecule has 1 N–H and O–H groups in total. The minimum absolute atomic E-state index is 0.102. The largest absolute Gasteiger partial charge is 0.388 e. The maximum absolute atomic E-state index is 11.6. The van der Waals surface area contributed by atoms with Gasteiger partial charge in [0.25, 0.3) is 0 Å². The minimum atomic E-state index is -0.600. The highest BCUT2D eigenvalue weighted by molar-refractivity contribution is 5.79. The van der Waals surface area contributed by atoms with Crippen molar-refractivity contribution < 1.29 is 9.90 Å². The Kier molecular flexibility index (Phi) is 4.32. The number of benzene rings is 1. The van der Waals surface area contributed by atoms with Crippen molar-refractivity contribution in [2.45, 2.75) is 32.3 Å². The molecule has 0 heterocycles. The van der Waals surface area contributed by atoms with E-state index < -0.39 is 6.10 Å². The van der Waals surface area contributed by atoms with Gasteiger partial charge in [-0.1, -0.05) is 42.5 Å². The number of carbonyl (C=O) groups is 1. The van der Waals surface area contributed by atoms with Gasteiger partial charge in [-0.2, -0.15) is 0 Å². The van der Waals surface area contributed by atoms with Crippen LogP contribution < -0.4 is 0 Å². The van der Waals surface area contributed by atoms with Gasteiger partial charge in [0.05, 0.1) is 12.0 Å². The third kappa shape index (κ3) is 3.08. The van der Waals surface area contributed by atoms with Crippen molar-refractivity contribution in [3.8, 4) is 0 Å². The van der Waals surface area contributed by atoms with Crippen molar-refractivity contribution in [3.63, 3.8) is 0 Å². The molecule has 1 aromatic rings.